The van der Waals surface area contributed by atoms with E-state index >= 15 is 0 Å². The van der Waals surface area contributed by atoms with E-state index < -0.39 is 0 Å². The third-order valence-corrected chi connectivity index (χ3v) is 5.55. The van der Waals surface area contributed by atoms with E-state index in [1.807, 2.05) is 25.4 Å². The van der Waals surface area contributed by atoms with Crippen molar-refractivity contribution in [1.29, 1.82) is 0 Å². The number of anilines is 2. The normalized spacial score (nSPS) is 10.9. The quantitative estimate of drug-likeness (QED) is 0.446. The van der Waals surface area contributed by atoms with Gasteiger partial charge in [-0.2, -0.15) is 0 Å². The van der Waals surface area contributed by atoms with Gasteiger partial charge in [-0.15, -0.1) is 11.3 Å². The highest BCUT2D eigenvalue weighted by atomic mass is 32.1. The second-order valence-electron chi connectivity index (χ2n) is 6.49. The van der Waals surface area contributed by atoms with E-state index in [4.69, 9.17) is 0 Å². The maximum atomic E-state index is 4.59. The summed E-state index contributed by atoms with van der Waals surface area (Å²) >= 11 is 1.76. The van der Waals surface area contributed by atoms with E-state index in [2.05, 4.69) is 66.6 Å². The highest BCUT2D eigenvalue weighted by Gasteiger charge is 2.10. The largest absolute Gasteiger partial charge is 0.309 e. The number of rotatable bonds is 4. The van der Waals surface area contributed by atoms with Gasteiger partial charge in [-0.05, 0) is 36.6 Å². The highest BCUT2D eigenvalue weighted by molar-refractivity contribution is 7.22. The Morgan fingerprint density at radius 3 is 2.55 bits per heavy atom. The molecule has 0 saturated heterocycles. The number of fused-ring (bicyclic) bond motifs is 1. The molecule has 0 amide bonds. The summed E-state index contributed by atoms with van der Waals surface area (Å²) in [6.07, 6.45) is 7.08. The molecule has 0 saturated carbocycles. The average molecular weight is 396 g/mol. The molecule has 4 aromatic heterocycles. The Morgan fingerprint density at radius 1 is 0.862 bits per heavy atom. The third kappa shape index (κ3) is 3.68. The average Bonchev–Trinajstić information content (AvgIpc) is 3.19. The molecule has 0 atom stereocenters. The summed E-state index contributed by atoms with van der Waals surface area (Å²) in [5.74, 6) is 1.80. The van der Waals surface area contributed by atoms with E-state index in [0.29, 0.717) is 17.6 Å². The summed E-state index contributed by atoms with van der Waals surface area (Å²) in [6.45, 7) is 1.86. The lowest BCUT2D eigenvalue weighted by molar-refractivity contribution is 1.05. The summed E-state index contributed by atoms with van der Waals surface area (Å²) in [4.78, 5) is 23.0. The first-order valence-electron chi connectivity index (χ1n) is 9.09. The molecule has 0 spiro atoms. The molecule has 5 rings (SSSR count). The fourth-order valence-corrected chi connectivity index (χ4v) is 4.14. The van der Waals surface area contributed by atoms with Crippen molar-refractivity contribution < 1.29 is 0 Å². The lowest BCUT2D eigenvalue weighted by Crippen LogP contribution is -2.01. The van der Waals surface area contributed by atoms with Gasteiger partial charge in [-0.1, -0.05) is 18.2 Å². The summed E-state index contributed by atoms with van der Waals surface area (Å²) in [5.41, 5.74) is 2.80. The van der Waals surface area contributed by atoms with Gasteiger partial charge < -0.3 is 5.32 Å². The Balaban J connectivity index is 1.52. The monoisotopic (exact) mass is 396 g/mol. The van der Waals surface area contributed by atoms with Crippen LogP contribution in [0.4, 0.5) is 11.8 Å². The molecule has 0 unspecified atom stereocenters. The van der Waals surface area contributed by atoms with Gasteiger partial charge in [0.15, 0.2) is 0 Å². The molecule has 6 nitrogen and oxygen atoms in total. The minimum Gasteiger partial charge on any atom is -0.309 e. The first-order chi connectivity index (χ1) is 14.2. The van der Waals surface area contributed by atoms with E-state index in [0.717, 1.165) is 16.8 Å². The molecule has 140 valence electrons. The summed E-state index contributed by atoms with van der Waals surface area (Å²) in [6, 6.07) is 16.4. The van der Waals surface area contributed by atoms with Gasteiger partial charge in [0.2, 0.25) is 5.95 Å². The van der Waals surface area contributed by atoms with Crippen molar-refractivity contribution in [3.05, 3.63) is 79.1 Å². The maximum absolute atomic E-state index is 4.59. The SMILES string of the molecule is Cc1nc(Nc2ncccn2)cc(-c2cncc(-c3cc4ccccc4s3)c2)n1. The molecule has 0 radical (unpaired) electrons. The van der Waals surface area contributed by atoms with Crippen molar-refractivity contribution in [2.45, 2.75) is 6.92 Å². The molecule has 0 aliphatic carbocycles. The Hall–Kier alpha value is -3.71. The molecule has 0 aliphatic heterocycles. The third-order valence-electron chi connectivity index (χ3n) is 4.39. The number of benzene rings is 1. The van der Waals surface area contributed by atoms with Crippen LogP contribution in [-0.4, -0.2) is 24.9 Å². The van der Waals surface area contributed by atoms with Gasteiger partial charge in [0.25, 0.3) is 0 Å². The number of nitrogens with one attached hydrogen (secondary N) is 1. The molecule has 1 N–H and O–H groups in total. The topological polar surface area (TPSA) is 76.5 Å². The van der Waals surface area contributed by atoms with E-state index in [-0.39, 0.29) is 0 Å². The number of pyridine rings is 1. The van der Waals surface area contributed by atoms with E-state index in [9.17, 15) is 0 Å². The Kier molecular flexibility index (Phi) is 4.42. The zero-order valence-electron chi connectivity index (χ0n) is 15.6. The Morgan fingerprint density at radius 2 is 1.69 bits per heavy atom. The molecule has 5 aromatic rings. The van der Waals surface area contributed by atoms with Crippen molar-refractivity contribution in [2.75, 3.05) is 5.32 Å². The van der Waals surface area contributed by atoms with Crippen LogP contribution in [0.3, 0.4) is 0 Å². The van der Waals surface area contributed by atoms with E-state index in [1.54, 1.807) is 29.8 Å². The maximum Gasteiger partial charge on any atom is 0.228 e. The smallest absolute Gasteiger partial charge is 0.228 e. The van der Waals surface area contributed by atoms with Crippen LogP contribution in [0.2, 0.25) is 0 Å². The second-order valence-corrected chi connectivity index (χ2v) is 7.58. The van der Waals surface area contributed by atoms with Crippen LogP contribution in [0.5, 0.6) is 0 Å². The van der Waals surface area contributed by atoms with Gasteiger partial charge in [0.05, 0.1) is 5.69 Å². The van der Waals surface area contributed by atoms with Crippen LogP contribution in [0.25, 0.3) is 31.8 Å². The fourth-order valence-electron chi connectivity index (χ4n) is 3.10. The van der Waals surface area contributed by atoms with Crippen molar-refractivity contribution in [3.8, 4) is 21.7 Å². The van der Waals surface area contributed by atoms with E-state index in [1.165, 1.54) is 15.0 Å². The number of aromatic nitrogens is 5. The first kappa shape index (κ1) is 17.4. The standard InChI is InChI=1S/C22H16N6S/c1-14-26-18(11-21(27-14)28-22-24-7-4-8-25-22)16-9-17(13-23-12-16)20-10-15-5-2-3-6-19(15)29-20/h2-13H,1H3,(H,24,25,26,27,28). The predicted molar refractivity (Wildman–Crippen MR) is 116 cm³/mol. The molecule has 4 heterocycles. The molecule has 0 bridgehead atoms. The second kappa shape index (κ2) is 7.37. The number of nitrogens with zero attached hydrogens (tertiary/aromatic N) is 5. The molecule has 0 aliphatic rings. The van der Waals surface area contributed by atoms with Crippen molar-refractivity contribution in [3.63, 3.8) is 0 Å². The zero-order valence-corrected chi connectivity index (χ0v) is 16.4. The van der Waals surface area contributed by atoms with Crippen molar-refractivity contribution in [2.24, 2.45) is 0 Å². The van der Waals surface area contributed by atoms with Crippen LogP contribution < -0.4 is 5.32 Å². The van der Waals surface area contributed by atoms with Crippen LogP contribution in [0, 0.1) is 6.92 Å². The number of thiophene rings is 1. The van der Waals surface area contributed by atoms with Crippen LogP contribution in [-0.2, 0) is 0 Å². The summed E-state index contributed by atoms with van der Waals surface area (Å²) in [5, 5.41) is 4.37. The molecule has 1 aromatic carbocycles. The molecular weight excluding hydrogens is 380 g/mol. The van der Waals surface area contributed by atoms with Crippen LogP contribution >= 0.6 is 11.3 Å². The number of hydrogen-bond donors (Lipinski definition) is 1. The Bertz CT molecular complexity index is 1270. The summed E-state index contributed by atoms with van der Waals surface area (Å²) < 4.78 is 1.26. The minimum atomic E-state index is 0.494. The fraction of sp³-hybridized carbons (Fsp3) is 0.0455. The van der Waals surface area contributed by atoms with Crippen molar-refractivity contribution >= 4 is 33.2 Å². The molecule has 0 fully saturated rings. The number of aryl methyl sites for hydroxylation is 1. The first-order valence-corrected chi connectivity index (χ1v) is 9.90. The van der Waals surface area contributed by atoms with Crippen LogP contribution in [0.15, 0.2) is 73.3 Å². The van der Waals surface area contributed by atoms with Gasteiger partial charge in [-0.3, -0.25) is 4.98 Å². The van der Waals surface area contributed by atoms with Crippen LogP contribution in [0.1, 0.15) is 5.82 Å². The van der Waals surface area contributed by atoms with Gasteiger partial charge in [0.1, 0.15) is 11.6 Å². The van der Waals surface area contributed by atoms with Gasteiger partial charge >= 0.3 is 0 Å². The van der Waals surface area contributed by atoms with Crippen molar-refractivity contribution in [1.82, 2.24) is 24.9 Å². The van der Waals surface area contributed by atoms with Gasteiger partial charge in [-0.25, -0.2) is 19.9 Å². The molecular formula is C22H16N6S. The summed E-state index contributed by atoms with van der Waals surface area (Å²) in [7, 11) is 0. The lowest BCUT2D eigenvalue weighted by atomic mass is 10.1. The highest BCUT2D eigenvalue weighted by Crippen LogP contribution is 2.34. The lowest BCUT2D eigenvalue weighted by Gasteiger charge is -2.08. The zero-order chi connectivity index (χ0) is 19.6. The predicted octanol–water partition coefficient (Wildman–Crippen LogP) is 5.26. The molecule has 7 heteroatoms. The van der Waals surface area contributed by atoms with Gasteiger partial charge in [0, 0.05) is 51.6 Å². The molecule has 29 heavy (non-hydrogen) atoms. The Labute approximate surface area is 171 Å². The minimum absolute atomic E-state index is 0.494. The number of hydrogen-bond acceptors (Lipinski definition) is 7.